The number of hydrogen-bond donors (Lipinski definition) is 0. The van der Waals surface area contributed by atoms with Gasteiger partial charge in [-0.1, -0.05) is 6.58 Å². The van der Waals surface area contributed by atoms with E-state index in [0.29, 0.717) is 6.73 Å². The largest absolute Gasteiger partial charge is 0.400 e. The topological polar surface area (TPSA) is 29.5 Å². The summed E-state index contributed by atoms with van der Waals surface area (Å²) in [6.07, 6.45) is 1.33. The molecule has 0 aliphatic carbocycles. The van der Waals surface area contributed by atoms with E-state index in [1.165, 1.54) is 6.08 Å². The van der Waals surface area contributed by atoms with E-state index in [0.717, 1.165) is 0 Å². The Kier molecular flexibility index (Phi) is 5.08. The summed E-state index contributed by atoms with van der Waals surface area (Å²) in [6.45, 7) is 14.1. The number of carbonyl (C=O) groups is 1. The van der Waals surface area contributed by atoms with Gasteiger partial charge in [0.25, 0.3) is 0 Å². The van der Waals surface area contributed by atoms with Crippen LogP contribution in [0, 0.1) is 0 Å². The molecule has 1 amide bonds. The lowest BCUT2D eigenvalue weighted by Gasteiger charge is -2.29. The molecule has 0 saturated heterocycles. The van der Waals surface area contributed by atoms with Crippen LogP contribution in [0.15, 0.2) is 12.7 Å². The van der Waals surface area contributed by atoms with Gasteiger partial charge in [0.2, 0.25) is 5.91 Å². The Morgan fingerprint density at radius 3 is 2.29 bits per heavy atom. The van der Waals surface area contributed by atoms with Crippen molar-refractivity contribution >= 4 is 14.2 Å². The van der Waals surface area contributed by atoms with Gasteiger partial charge in [-0.25, -0.2) is 0 Å². The SMILES string of the molecule is C=CC(=O)N(CO[Si](C)(C)C)C(C)C. The summed E-state index contributed by atoms with van der Waals surface area (Å²) in [5.41, 5.74) is 0. The quantitative estimate of drug-likeness (QED) is 0.400. The third-order valence-corrected chi connectivity index (χ3v) is 2.71. The second-order valence-electron chi connectivity index (χ2n) is 4.49. The Morgan fingerprint density at radius 2 is 2.00 bits per heavy atom. The first-order valence-corrected chi connectivity index (χ1v) is 8.25. The van der Waals surface area contributed by atoms with E-state index in [2.05, 4.69) is 26.2 Å². The number of carbonyl (C=O) groups excluding carboxylic acids is 1. The first-order chi connectivity index (χ1) is 6.28. The highest BCUT2D eigenvalue weighted by Gasteiger charge is 2.19. The number of rotatable bonds is 5. The molecule has 0 aromatic heterocycles. The minimum atomic E-state index is -1.55. The van der Waals surface area contributed by atoms with Gasteiger partial charge < -0.3 is 9.33 Å². The van der Waals surface area contributed by atoms with Gasteiger partial charge in [-0.2, -0.15) is 0 Å². The van der Waals surface area contributed by atoms with E-state index in [4.69, 9.17) is 4.43 Å². The van der Waals surface area contributed by atoms with Crippen LogP contribution in [0.4, 0.5) is 0 Å². The van der Waals surface area contributed by atoms with Crippen molar-refractivity contribution in [2.24, 2.45) is 0 Å². The van der Waals surface area contributed by atoms with Gasteiger partial charge in [0.15, 0.2) is 8.32 Å². The molecule has 14 heavy (non-hydrogen) atoms. The molecule has 0 fully saturated rings. The predicted molar refractivity (Wildman–Crippen MR) is 61.5 cm³/mol. The van der Waals surface area contributed by atoms with E-state index in [-0.39, 0.29) is 11.9 Å². The van der Waals surface area contributed by atoms with E-state index >= 15 is 0 Å². The summed E-state index contributed by atoms with van der Waals surface area (Å²) in [5, 5.41) is 0. The fourth-order valence-electron chi connectivity index (χ4n) is 0.848. The molecular weight excluding hydrogens is 194 g/mol. The average Bonchev–Trinajstić information content (AvgIpc) is 2.01. The maximum atomic E-state index is 11.4. The molecule has 0 aromatic carbocycles. The molecule has 3 nitrogen and oxygen atoms in total. The zero-order valence-electron chi connectivity index (χ0n) is 9.83. The molecule has 0 aliphatic rings. The Balaban J connectivity index is 4.25. The van der Waals surface area contributed by atoms with Gasteiger partial charge >= 0.3 is 0 Å². The van der Waals surface area contributed by atoms with E-state index in [1.807, 2.05) is 13.8 Å². The summed E-state index contributed by atoms with van der Waals surface area (Å²) in [6, 6.07) is 0.150. The highest BCUT2D eigenvalue weighted by Crippen LogP contribution is 2.06. The molecule has 0 bridgehead atoms. The zero-order chi connectivity index (χ0) is 11.4. The monoisotopic (exact) mass is 215 g/mol. The normalized spacial score (nSPS) is 11.6. The molecule has 82 valence electrons. The molecule has 0 aromatic rings. The lowest BCUT2D eigenvalue weighted by Crippen LogP contribution is -2.41. The second kappa shape index (κ2) is 5.31. The van der Waals surface area contributed by atoms with Crippen LogP contribution in [-0.2, 0) is 9.22 Å². The third kappa shape index (κ3) is 5.19. The Hall–Kier alpha value is -0.613. The van der Waals surface area contributed by atoms with Crippen LogP contribution in [0.3, 0.4) is 0 Å². The Morgan fingerprint density at radius 1 is 1.50 bits per heavy atom. The molecule has 0 unspecified atom stereocenters. The molecule has 0 radical (unpaired) electrons. The van der Waals surface area contributed by atoms with Crippen LogP contribution in [0.2, 0.25) is 19.6 Å². The first-order valence-electron chi connectivity index (χ1n) is 4.85. The molecule has 0 aliphatic heterocycles. The lowest BCUT2D eigenvalue weighted by atomic mass is 10.3. The van der Waals surface area contributed by atoms with E-state index < -0.39 is 8.32 Å². The van der Waals surface area contributed by atoms with E-state index in [1.54, 1.807) is 4.90 Å². The van der Waals surface area contributed by atoms with Crippen LogP contribution in [0.25, 0.3) is 0 Å². The van der Waals surface area contributed by atoms with Crippen LogP contribution in [0.1, 0.15) is 13.8 Å². The van der Waals surface area contributed by atoms with E-state index in [9.17, 15) is 4.79 Å². The van der Waals surface area contributed by atoms with Crippen LogP contribution in [-0.4, -0.2) is 31.9 Å². The fourth-order valence-corrected chi connectivity index (χ4v) is 1.37. The van der Waals surface area contributed by atoms with Crippen molar-refractivity contribution in [1.29, 1.82) is 0 Å². The smallest absolute Gasteiger partial charge is 0.247 e. The van der Waals surface area contributed by atoms with Crippen molar-refractivity contribution in [2.45, 2.75) is 39.5 Å². The van der Waals surface area contributed by atoms with Gasteiger partial charge in [-0.15, -0.1) is 0 Å². The van der Waals surface area contributed by atoms with Gasteiger partial charge in [-0.05, 0) is 39.6 Å². The number of amides is 1. The first kappa shape index (κ1) is 13.4. The summed E-state index contributed by atoms with van der Waals surface area (Å²) in [7, 11) is -1.55. The van der Waals surface area contributed by atoms with Crippen molar-refractivity contribution < 1.29 is 9.22 Å². The standard InChI is InChI=1S/C10H21NO2Si/c1-7-10(12)11(9(2)3)8-13-14(4,5)6/h7,9H,1,8H2,2-6H3. The molecule has 0 heterocycles. The minimum absolute atomic E-state index is 0.0711. The maximum Gasteiger partial charge on any atom is 0.247 e. The minimum Gasteiger partial charge on any atom is -0.400 e. The van der Waals surface area contributed by atoms with Crippen molar-refractivity contribution in [3.8, 4) is 0 Å². The summed E-state index contributed by atoms with van der Waals surface area (Å²) >= 11 is 0. The van der Waals surface area contributed by atoms with Gasteiger partial charge in [0.1, 0.15) is 6.73 Å². The highest BCUT2D eigenvalue weighted by molar-refractivity contribution is 6.69. The van der Waals surface area contributed by atoms with Crippen molar-refractivity contribution in [2.75, 3.05) is 6.73 Å². The maximum absolute atomic E-state index is 11.4. The summed E-state index contributed by atoms with van der Waals surface area (Å²) < 4.78 is 5.67. The molecule has 0 spiro atoms. The molecule has 0 atom stereocenters. The molecule has 0 saturated carbocycles. The second-order valence-corrected chi connectivity index (χ2v) is 9.01. The molecular formula is C10H21NO2Si. The highest BCUT2D eigenvalue weighted by atomic mass is 28.4. The Labute approximate surface area is 87.9 Å². The third-order valence-electron chi connectivity index (χ3n) is 1.72. The van der Waals surface area contributed by atoms with Gasteiger partial charge in [0, 0.05) is 6.04 Å². The molecule has 4 heteroatoms. The fraction of sp³-hybridized carbons (Fsp3) is 0.700. The molecule has 0 N–H and O–H groups in total. The van der Waals surface area contributed by atoms with Gasteiger partial charge in [0.05, 0.1) is 0 Å². The summed E-state index contributed by atoms with van der Waals surface area (Å²) in [5.74, 6) is -0.0711. The van der Waals surface area contributed by atoms with Crippen LogP contribution in [0.5, 0.6) is 0 Å². The van der Waals surface area contributed by atoms with Gasteiger partial charge in [-0.3, -0.25) is 4.79 Å². The Bertz CT molecular complexity index is 209. The van der Waals surface area contributed by atoms with Crippen LogP contribution < -0.4 is 0 Å². The molecule has 0 rings (SSSR count). The van der Waals surface area contributed by atoms with Crippen molar-refractivity contribution in [3.05, 3.63) is 12.7 Å². The number of nitrogens with zero attached hydrogens (tertiary/aromatic N) is 1. The average molecular weight is 215 g/mol. The predicted octanol–water partition coefficient (Wildman–Crippen LogP) is 2.22. The van der Waals surface area contributed by atoms with Crippen LogP contribution >= 0.6 is 0 Å². The number of hydrogen-bond acceptors (Lipinski definition) is 2. The zero-order valence-corrected chi connectivity index (χ0v) is 10.8. The van der Waals surface area contributed by atoms with Crippen molar-refractivity contribution in [3.63, 3.8) is 0 Å². The lowest BCUT2D eigenvalue weighted by molar-refractivity contribution is -0.131. The summed E-state index contributed by atoms with van der Waals surface area (Å²) in [4.78, 5) is 13.1. The van der Waals surface area contributed by atoms with Crippen molar-refractivity contribution in [1.82, 2.24) is 4.90 Å².